The Morgan fingerprint density at radius 2 is 1.83 bits per heavy atom. The average molecular weight is 345 g/mol. The van der Waals surface area contributed by atoms with Gasteiger partial charge in [0.05, 0.1) is 0 Å². The fraction of sp³-hybridized carbons (Fsp3) is 0.350. The largest absolute Gasteiger partial charge is 0.326 e. The Bertz CT molecular complexity index is 668. The van der Waals surface area contributed by atoms with Crippen LogP contribution in [0.1, 0.15) is 31.4 Å². The van der Waals surface area contributed by atoms with Gasteiger partial charge in [0.25, 0.3) is 0 Å². The highest BCUT2D eigenvalue weighted by Crippen LogP contribution is 2.17. The summed E-state index contributed by atoms with van der Waals surface area (Å²) in [7, 11) is 0. The third-order valence-electron chi connectivity index (χ3n) is 4.09. The fourth-order valence-electron chi connectivity index (χ4n) is 2.63. The van der Waals surface area contributed by atoms with Crippen molar-refractivity contribution in [2.75, 3.05) is 18.4 Å². The van der Waals surface area contributed by atoms with Gasteiger partial charge in [-0.2, -0.15) is 0 Å². The zero-order chi connectivity index (χ0) is 17.4. The number of hydrogen-bond donors (Lipinski definition) is 1. The van der Waals surface area contributed by atoms with Gasteiger partial charge >= 0.3 is 0 Å². The number of nitrogens with zero attached hydrogens (tertiary/aromatic N) is 1. The van der Waals surface area contributed by atoms with Crippen molar-refractivity contribution in [3.63, 3.8) is 0 Å². The van der Waals surface area contributed by atoms with Gasteiger partial charge in [-0.05, 0) is 48.8 Å². The molecule has 0 spiro atoms. The normalized spacial score (nSPS) is 10.8. The summed E-state index contributed by atoms with van der Waals surface area (Å²) in [5.41, 5.74) is 3.07. The second-order valence-corrected chi connectivity index (χ2v) is 6.21. The van der Waals surface area contributed by atoms with Gasteiger partial charge in [0.2, 0.25) is 5.91 Å². The number of carbonyl (C=O) groups is 1. The van der Waals surface area contributed by atoms with Crippen molar-refractivity contribution in [3.8, 4) is 0 Å². The van der Waals surface area contributed by atoms with Crippen LogP contribution in [0.25, 0.3) is 0 Å². The third kappa shape index (κ3) is 5.66. The van der Waals surface area contributed by atoms with E-state index in [4.69, 9.17) is 11.6 Å². The molecule has 2 aromatic carbocycles. The van der Waals surface area contributed by atoms with Gasteiger partial charge in [-0.3, -0.25) is 9.69 Å². The predicted octanol–water partition coefficient (Wildman–Crippen LogP) is 4.75. The second-order valence-electron chi connectivity index (χ2n) is 5.80. The summed E-state index contributed by atoms with van der Waals surface area (Å²) in [5.74, 6) is 0.00917. The van der Waals surface area contributed by atoms with Gasteiger partial charge in [-0.25, -0.2) is 0 Å². The Hall–Kier alpha value is -1.84. The van der Waals surface area contributed by atoms with Crippen molar-refractivity contribution < 1.29 is 4.79 Å². The summed E-state index contributed by atoms with van der Waals surface area (Å²) in [6, 6.07) is 15.7. The van der Waals surface area contributed by atoms with E-state index >= 15 is 0 Å². The van der Waals surface area contributed by atoms with Gasteiger partial charge in [-0.15, -0.1) is 0 Å². The number of anilines is 1. The summed E-state index contributed by atoms with van der Waals surface area (Å²) >= 11 is 6.13. The lowest BCUT2D eigenvalue weighted by Crippen LogP contribution is -2.22. The maximum absolute atomic E-state index is 12.2. The van der Waals surface area contributed by atoms with Crippen LogP contribution in [0.5, 0.6) is 0 Å². The lowest BCUT2D eigenvalue weighted by atomic mass is 10.1. The molecule has 0 unspecified atom stereocenters. The summed E-state index contributed by atoms with van der Waals surface area (Å²) in [4.78, 5) is 14.5. The highest BCUT2D eigenvalue weighted by atomic mass is 35.5. The predicted molar refractivity (Wildman–Crippen MR) is 101 cm³/mol. The number of benzene rings is 2. The molecular formula is C20H25ClN2O. The first-order chi connectivity index (χ1) is 11.6. The summed E-state index contributed by atoms with van der Waals surface area (Å²) in [6.45, 7) is 7.25. The molecule has 128 valence electrons. The van der Waals surface area contributed by atoms with Crippen molar-refractivity contribution in [2.45, 2.75) is 33.2 Å². The average Bonchev–Trinajstić information content (AvgIpc) is 2.59. The fourth-order valence-corrected chi connectivity index (χ4v) is 2.86. The molecule has 0 saturated heterocycles. The highest BCUT2D eigenvalue weighted by Gasteiger charge is 2.07. The molecule has 0 radical (unpaired) electrons. The van der Waals surface area contributed by atoms with E-state index in [9.17, 15) is 4.79 Å². The van der Waals surface area contributed by atoms with E-state index in [-0.39, 0.29) is 5.91 Å². The van der Waals surface area contributed by atoms with Crippen LogP contribution in [0.3, 0.4) is 0 Å². The van der Waals surface area contributed by atoms with E-state index in [1.54, 1.807) is 0 Å². The SMILES string of the molecule is CCN(CC)Cc1cccc(NC(=O)CCc2ccccc2Cl)c1. The van der Waals surface area contributed by atoms with Crippen LogP contribution in [-0.2, 0) is 17.8 Å². The van der Waals surface area contributed by atoms with Crippen LogP contribution in [0.4, 0.5) is 5.69 Å². The van der Waals surface area contributed by atoms with E-state index in [0.29, 0.717) is 17.9 Å². The lowest BCUT2D eigenvalue weighted by Gasteiger charge is -2.18. The van der Waals surface area contributed by atoms with Gasteiger partial charge < -0.3 is 5.32 Å². The minimum Gasteiger partial charge on any atom is -0.326 e. The number of aryl methyl sites for hydroxylation is 1. The molecule has 0 bridgehead atoms. The topological polar surface area (TPSA) is 32.3 Å². The molecule has 0 fully saturated rings. The number of amides is 1. The van der Waals surface area contributed by atoms with Crippen molar-refractivity contribution in [2.24, 2.45) is 0 Å². The summed E-state index contributed by atoms with van der Waals surface area (Å²) in [6.07, 6.45) is 1.06. The van der Waals surface area contributed by atoms with Crippen LogP contribution >= 0.6 is 11.6 Å². The van der Waals surface area contributed by atoms with Crippen LogP contribution in [0.15, 0.2) is 48.5 Å². The maximum atomic E-state index is 12.2. The molecule has 0 heterocycles. The van der Waals surface area contributed by atoms with Crippen LogP contribution in [0, 0.1) is 0 Å². The minimum absolute atomic E-state index is 0.00917. The molecule has 2 rings (SSSR count). The van der Waals surface area contributed by atoms with Gasteiger partial charge in [0, 0.05) is 23.7 Å². The van der Waals surface area contributed by atoms with E-state index in [0.717, 1.165) is 30.9 Å². The molecular weight excluding hydrogens is 320 g/mol. The van der Waals surface area contributed by atoms with Crippen LogP contribution in [0.2, 0.25) is 5.02 Å². The Kier molecular flexibility index (Phi) is 7.29. The standard InChI is InChI=1S/C20H25ClN2O/c1-3-23(4-2)15-16-8-7-10-18(14-16)22-20(24)13-12-17-9-5-6-11-19(17)21/h5-11,14H,3-4,12-13,15H2,1-2H3,(H,22,24). The zero-order valence-corrected chi connectivity index (χ0v) is 15.1. The van der Waals surface area contributed by atoms with Gasteiger partial charge in [0.15, 0.2) is 0 Å². The minimum atomic E-state index is 0.00917. The van der Waals surface area contributed by atoms with Gasteiger partial charge in [0.1, 0.15) is 0 Å². The molecule has 1 amide bonds. The lowest BCUT2D eigenvalue weighted by molar-refractivity contribution is -0.116. The van der Waals surface area contributed by atoms with Gasteiger partial charge in [-0.1, -0.05) is 55.8 Å². The molecule has 4 heteroatoms. The second kappa shape index (κ2) is 9.45. The number of hydrogen-bond acceptors (Lipinski definition) is 2. The highest BCUT2D eigenvalue weighted by molar-refractivity contribution is 6.31. The quantitative estimate of drug-likeness (QED) is 0.749. The smallest absolute Gasteiger partial charge is 0.224 e. The number of carbonyl (C=O) groups excluding carboxylic acids is 1. The van der Waals surface area contributed by atoms with Crippen LogP contribution < -0.4 is 5.32 Å². The first kappa shape index (κ1) is 18.5. The Labute approximate surface area is 149 Å². The molecule has 1 N–H and O–H groups in total. The molecule has 2 aromatic rings. The maximum Gasteiger partial charge on any atom is 0.224 e. The molecule has 0 aromatic heterocycles. The summed E-state index contributed by atoms with van der Waals surface area (Å²) in [5, 5.41) is 3.70. The van der Waals surface area contributed by atoms with E-state index < -0.39 is 0 Å². The molecule has 3 nitrogen and oxygen atoms in total. The number of rotatable bonds is 8. The Morgan fingerprint density at radius 3 is 2.54 bits per heavy atom. The molecule has 0 saturated carbocycles. The Morgan fingerprint density at radius 1 is 1.08 bits per heavy atom. The molecule has 0 aliphatic rings. The van der Waals surface area contributed by atoms with E-state index in [2.05, 4.69) is 30.1 Å². The molecule has 24 heavy (non-hydrogen) atoms. The van der Waals surface area contributed by atoms with Crippen molar-refractivity contribution >= 4 is 23.2 Å². The summed E-state index contributed by atoms with van der Waals surface area (Å²) < 4.78 is 0. The van der Waals surface area contributed by atoms with Crippen molar-refractivity contribution in [3.05, 3.63) is 64.7 Å². The monoisotopic (exact) mass is 344 g/mol. The van der Waals surface area contributed by atoms with E-state index in [1.807, 2.05) is 42.5 Å². The molecule has 0 aliphatic carbocycles. The molecule has 0 atom stereocenters. The van der Waals surface area contributed by atoms with Crippen molar-refractivity contribution in [1.82, 2.24) is 4.90 Å². The third-order valence-corrected chi connectivity index (χ3v) is 4.46. The number of nitrogens with one attached hydrogen (secondary N) is 1. The van der Waals surface area contributed by atoms with Crippen LogP contribution in [-0.4, -0.2) is 23.9 Å². The Balaban J connectivity index is 1.91. The van der Waals surface area contributed by atoms with Crippen molar-refractivity contribution in [1.29, 1.82) is 0 Å². The van der Waals surface area contributed by atoms with E-state index in [1.165, 1.54) is 5.56 Å². The zero-order valence-electron chi connectivity index (χ0n) is 14.4. The number of halogens is 1. The molecule has 0 aliphatic heterocycles. The first-order valence-corrected chi connectivity index (χ1v) is 8.84. The first-order valence-electron chi connectivity index (χ1n) is 8.47.